The molecule has 1 saturated heterocycles. The second-order valence-corrected chi connectivity index (χ2v) is 8.67. The number of benzene rings is 2. The lowest BCUT2D eigenvalue weighted by atomic mass is 9.74. The molecule has 0 saturated carbocycles. The van der Waals surface area contributed by atoms with Crippen molar-refractivity contribution >= 4 is 11.8 Å². The van der Waals surface area contributed by atoms with Gasteiger partial charge >= 0.3 is 0 Å². The fourth-order valence-corrected chi connectivity index (χ4v) is 4.62. The van der Waals surface area contributed by atoms with E-state index < -0.39 is 5.41 Å². The summed E-state index contributed by atoms with van der Waals surface area (Å²) in [6.45, 7) is 1.06. The van der Waals surface area contributed by atoms with E-state index in [-0.39, 0.29) is 11.8 Å². The van der Waals surface area contributed by atoms with Crippen LogP contribution in [-0.2, 0) is 22.4 Å². The van der Waals surface area contributed by atoms with Crippen LogP contribution in [0.1, 0.15) is 30.4 Å². The summed E-state index contributed by atoms with van der Waals surface area (Å²) in [6.07, 6.45) is 6.73. The molecule has 1 aromatic heterocycles. The van der Waals surface area contributed by atoms with Crippen LogP contribution >= 0.6 is 0 Å². The number of amides is 2. The highest BCUT2D eigenvalue weighted by molar-refractivity contribution is 5.84. The number of rotatable bonds is 7. The molecule has 2 heterocycles. The Morgan fingerprint density at radius 2 is 1.75 bits per heavy atom. The van der Waals surface area contributed by atoms with Crippen molar-refractivity contribution in [3.05, 3.63) is 90.3 Å². The molecule has 2 N–H and O–H groups in total. The molecule has 5 nitrogen and oxygen atoms in total. The molecule has 3 aromatic rings. The molecule has 0 aliphatic carbocycles. The topological polar surface area (TPSA) is 76.3 Å². The van der Waals surface area contributed by atoms with E-state index in [1.165, 1.54) is 0 Å². The van der Waals surface area contributed by atoms with Crippen molar-refractivity contribution in [3.8, 4) is 11.1 Å². The Balaban J connectivity index is 1.48. The maximum Gasteiger partial charge on any atom is 0.225 e. The summed E-state index contributed by atoms with van der Waals surface area (Å²) in [5.41, 5.74) is 9.48. The zero-order valence-corrected chi connectivity index (χ0v) is 18.2. The molecule has 32 heavy (non-hydrogen) atoms. The number of hydrogen-bond donors (Lipinski definition) is 1. The fraction of sp³-hybridized carbons (Fsp3) is 0.296. The third kappa shape index (κ3) is 5.05. The highest BCUT2D eigenvalue weighted by Crippen LogP contribution is 2.35. The van der Waals surface area contributed by atoms with Crippen LogP contribution in [0.25, 0.3) is 11.1 Å². The second kappa shape index (κ2) is 9.77. The Labute approximate surface area is 189 Å². The van der Waals surface area contributed by atoms with Crippen LogP contribution in [0, 0.1) is 5.41 Å². The van der Waals surface area contributed by atoms with Crippen molar-refractivity contribution in [1.29, 1.82) is 0 Å². The maximum absolute atomic E-state index is 12.9. The van der Waals surface area contributed by atoms with Crippen molar-refractivity contribution < 1.29 is 9.59 Å². The number of hydrogen-bond acceptors (Lipinski definition) is 3. The normalized spacial score (nSPS) is 18.3. The lowest BCUT2D eigenvalue weighted by Gasteiger charge is -2.41. The van der Waals surface area contributed by atoms with E-state index in [2.05, 4.69) is 11.1 Å². The number of piperidine rings is 1. The number of likely N-dealkylation sites (tertiary alicyclic amines) is 1. The monoisotopic (exact) mass is 427 g/mol. The molecular formula is C27H29N3O2. The highest BCUT2D eigenvalue weighted by atomic mass is 16.2. The van der Waals surface area contributed by atoms with Crippen molar-refractivity contribution in [2.75, 3.05) is 13.1 Å². The summed E-state index contributed by atoms with van der Waals surface area (Å²) in [5.74, 6) is -0.242. The number of nitrogens with zero attached hydrogens (tertiary/aromatic N) is 2. The summed E-state index contributed by atoms with van der Waals surface area (Å²) in [5, 5.41) is 0. The number of aryl methyl sites for hydroxylation is 1. The molecule has 1 fully saturated rings. The zero-order chi connectivity index (χ0) is 22.4. The molecule has 4 rings (SSSR count). The average molecular weight is 428 g/mol. The van der Waals surface area contributed by atoms with E-state index in [1.807, 2.05) is 71.8 Å². The summed E-state index contributed by atoms with van der Waals surface area (Å²) in [4.78, 5) is 31.6. The van der Waals surface area contributed by atoms with Gasteiger partial charge in [0.1, 0.15) is 0 Å². The first-order valence-corrected chi connectivity index (χ1v) is 11.2. The van der Waals surface area contributed by atoms with E-state index in [9.17, 15) is 9.59 Å². The summed E-state index contributed by atoms with van der Waals surface area (Å²) in [7, 11) is 0. The Morgan fingerprint density at radius 1 is 0.969 bits per heavy atom. The predicted octanol–water partition coefficient (Wildman–Crippen LogP) is 4.02. The van der Waals surface area contributed by atoms with Crippen LogP contribution in [0.2, 0.25) is 0 Å². The van der Waals surface area contributed by atoms with Crippen LogP contribution < -0.4 is 5.73 Å². The Kier molecular flexibility index (Phi) is 6.64. The first kappa shape index (κ1) is 21.8. The predicted molar refractivity (Wildman–Crippen MR) is 126 cm³/mol. The minimum atomic E-state index is -0.742. The first-order chi connectivity index (χ1) is 15.6. The molecule has 164 valence electrons. The number of aromatic nitrogens is 1. The van der Waals surface area contributed by atoms with Gasteiger partial charge in [0, 0.05) is 31.9 Å². The van der Waals surface area contributed by atoms with Gasteiger partial charge in [0.15, 0.2) is 0 Å². The third-order valence-corrected chi connectivity index (χ3v) is 6.39. The first-order valence-electron chi connectivity index (χ1n) is 11.2. The number of carbonyl (C=O) groups is 2. The molecular weight excluding hydrogens is 398 g/mol. The largest absolute Gasteiger partial charge is 0.369 e. The van der Waals surface area contributed by atoms with Gasteiger partial charge in [-0.05, 0) is 54.0 Å². The van der Waals surface area contributed by atoms with Crippen LogP contribution in [0.4, 0.5) is 0 Å². The van der Waals surface area contributed by atoms with Gasteiger partial charge in [-0.3, -0.25) is 14.6 Å². The van der Waals surface area contributed by atoms with Gasteiger partial charge in [0.2, 0.25) is 11.8 Å². The zero-order valence-electron chi connectivity index (χ0n) is 18.2. The molecule has 2 amide bonds. The van der Waals surface area contributed by atoms with Gasteiger partial charge in [0.25, 0.3) is 0 Å². The quantitative estimate of drug-likeness (QED) is 0.619. The van der Waals surface area contributed by atoms with Crippen molar-refractivity contribution in [1.82, 2.24) is 9.88 Å². The van der Waals surface area contributed by atoms with Crippen LogP contribution in [-0.4, -0.2) is 34.8 Å². The van der Waals surface area contributed by atoms with Crippen LogP contribution in [0.15, 0.2) is 79.1 Å². The van der Waals surface area contributed by atoms with E-state index >= 15 is 0 Å². The molecule has 1 aliphatic heterocycles. The lowest BCUT2D eigenvalue weighted by Crippen LogP contribution is -2.53. The summed E-state index contributed by atoms with van der Waals surface area (Å²) in [6, 6.07) is 22.1. The number of carbonyl (C=O) groups excluding carboxylic acids is 2. The Morgan fingerprint density at radius 3 is 2.50 bits per heavy atom. The SMILES string of the molecule is NC(=O)[C@]1(Cc2cccc(-c3cccnc3)c2)CCCN(C(=O)CCc2ccccc2)C1. The smallest absolute Gasteiger partial charge is 0.225 e. The van der Waals surface area contributed by atoms with Crippen LogP contribution in [0.5, 0.6) is 0 Å². The number of primary amides is 1. The minimum Gasteiger partial charge on any atom is -0.369 e. The van der Waals surface area contributed by atoms with Crippen molar-refractivity contribution in [2.45, 2.75) is 32.1 Å². The molecule has 0 bridgehead atoms. The van der Waals surface area contributed by atoms with Crippen LogP contribution in [0.3, 0.4) is 0 Å². The number of pyridine rings is 1. The third-order valence-electron chi connectivity index (χ3n) is 6.39. The van der Waals surface area contributed by atoms with Gasteiger partial charge in [-0.25, -0.2) is 0 Å². The summed E-state index contributed by atoms with van der Waals surface area (Å²) < 4.78 is 0. The van der Waals surface area contributed by atoms with Gasteiger partial charge in [-0.1, -0.05) is 60.7 Å². The van der Waals surface area contributed by atoms with Gasteiger partial charge in [0.05, 0.1) is 5.41 Å². The number of nitrogens with two attached hydrogens (primary N) is 1. The van der Waals surface area contributed by atoms with Crippen molar-refractivity contribution in [2.24, 2.45) is 11.1 Å². The van der Waals surface area contributed by atoms with E-state index in [4.69, 9.17) is 5.73 Å². The summed E-state index contributed by atoms with van der Waals surface area (Å²) >= 11 is 0. The fourth-order valence-electron chi connectivity index (χ4n) is 4.62. The Hall–Kier alpha value is -3.47. The van der Waals surface area contributed by atoms with E-state index in [1.54, 1.807) is 6.20 Å². The molecule has 0 spiro atoms. The van der Waals surface area contributed by atoms with Crippen molar-refractivity contribution in [3.63, 3.8) is 0 Å². The molecule has 0 unspecified atom stereocenters. The standard InChI is InChI=1S/C27H29N3O2/c28-26(32)27(18-22-9-4-10-23(17-22)24-11-5-15-29-19-24)14-6-16-30(20-27)25(31)13-12-21-7-2-1-3-8-21/h1-5,7-11,15,17,19H,6,12-14,16,18,20H2,(H2,28,32)/t27-/m0/s1. The molecule has 1 aliphatic rings. The second-order valence-electron chi connectivity index (χ2n) is 8.67. The maximum atomic E-state index is 12.9. The van der Waals surface area contributed by atoms with Gasteiger partial charge in [-0.2, -0.15) is 0 Å². The molecule has 0 radical (unpaired) electrons. The molecule has 1 atom stereocenters. The molecule has 2 aromatic carbocycles. The lowest BCUT2D eigenvalue weighted by molar-refractivity contribution is -0.139. The average Bonchev–Trinajstić information content (AvgIpc) is 2.84. The van der Waals surface area contributed by atoms with Gasteiger partial charge in [-0.15, -0.1) is 0 Å². The minimum absolute atomic E-state index is 0.0864. The molecule has 5 heteroatoms. The van der Waals surface area contributed by atoms with E-state index in [0.29, 0.717) is 38.8 Å². The highest BCUT2D eigenvalue weighted by Gasteiger charge is 2.42. The Bertz CT molecular complexity index is 1070. The van der Waals surface area contributed by atoms with Gasteiger partial charge < -0.3 is 10.6 Å². The van der Waals surface area contributed by atoms with E-state index in [0.717, 1.165) is 28.7 Å².